The van der Waals surface area contributed by atoms with Crippen molar-refractivity contribution in [3.05, 3.63) is 71.3 Å². The zero-order valence-electron chi connectivity index (χ0n) is 14.3. The second kappa shape index (κ2) is 7.79. The smallest absolute Gasteiger partial charge is 0.0991 e. The number of hydrogen-bond acceptors (Lipinski definition) is 4. The molecule has 0 radical (unpaired) electrons. The molecule has 4 heteroatoms. The Balaban J connectivity index is 1.52. The van der Waals surface area contributed by atoms with Crippen molar-refractivity contribution in [3.8, 4) is 6.07 Å². The van der Waals surface area contributed by atoms with Crippen LogP contribution in [0.4, 0.5) is 0 Å². The summed E-state index contributed by atoms with van der Waals surface area (Å²) in [7, 11) is 0. The predicted octanol–water partition coefficient (Wildman–Crippen LogP) is 2.66. The Labute approximate surface area is 149 Å². The zero-order valence-corrected chi connectivity index (χ0v) is 14.3. The number of rotatable bonds is 5. The summed E-state index contributed by atoms with van der Waals surface area (Å²) in [5, 5.41) is 30.1. The zero-order chi connectivity index (χ0) is 17.7. The van der Waals surface area contributed by atoms with Crippen LogP contribution in [0.5, 0.6) is 0 Å². The number of nitrogens with zero attached hydrogens (tertiary/aromatic N) is 2. The van der Waals surface area contributed by atoms with Gasteiger partial charge < -0.3 is 15.1 Å². The molecule has 1 unspecified atom stereocenters. The molecule has 1 aliphatic heterocycles. The maximum Gasteiger partial charge on any atom is 0.0991 e. The van der Waals surface area contributed by atoms with Gasteiger partial charge in [-0.2, -0.15) is 5.26 Å². The summed E-state index contributed by atoms with van der Waals surface area (Å²) in [5.41, 5.74) is 1.93. The van der Waals surface area contributed by atoms with Gasteiger partial charge in [-0.25, -0.2) is 0 Å². The Hall–Kier alpha value is -2.19. The molecule has 0 bridgehead atoms. The molecule has 0 aromatic heterocycles. The second-order valence-electron chi connectivity index (χ2n) is 6.94. The fourth-order valence-electron chi connectivity index (χ4n) is 3.43. The second-order valence-corrected chi connectivity index (χ2v) is 6.94. The monoisotopic (exact) mass is 336 g/mol. The molecule has 0 amide bonds. The lowest BCUT2D eigenvalue weighted by Crippen LogP contribution is -2.46. The highest BCUT2D eigenvalue weighted by molar-refractivity contribution is 5.32. The fraction of sp³-hybridized carbons (Fsp3) is 0.381. The van der Waals surface area contributed by atoms with Gasteiger partial charge in [-0.3, -0.25) is 0 Å². The van der Waals surface area contributed by atoms with Crippen LogP contribution >= 0.6 is 0 Å². The first-order valence-corrected chi connectivity index (χ1v) is 8.75. The minimum Gasteiger partial charge on any atom is -0.389 e. The molecule has 2 aromatic carbocycles. The number of hydrogen-bond donors (Lipinski definition) is 2. The molecule has 1 saturated heterocycles. The van der Waals surface area contributed by atoms with Crippen molar-refractivity contribution < 1.29 is 10.2 Å². The maximum atomic E-state index is 10.8. The highest BCUT2D eigenvalue weighted by Gasteiger charge is 2.32. The summed E-state index contributed by atoms with van der Waals surface area (Å²) in [6, 6.07) is 19.3. The fourth-order valence-corrected chi connectivity index (χ4v) is 3.43. The number of nitriles is 1. The van der Waals surface area contributed by atoms with E-state index in [1.165, 1.54) is 0 Å². The molecule has 3 rings (SSSR count). The van der Waals surface area contributed by atoms with Crippen LogP contribution in [-0.2, 0) is 6.42 Å². The Morgan fingerprint density at radius 2 is 1.68 bits per heavy atom. The summed E-state index contributed by atoms with van der Waals surface area (Å²) >= 11 is 0. The molecule has 0 saturated carbocycles. The van der Waals surface area contributed by atoms with Gasteiger partial charge in [0, 0.05) is 26.1 Å². The summed E-state index contributed by atoms with van der Waals surface area (Å²) in [6.07, 6.45) is 1.53. The van der Waals surface area contributed by atoms with Crippen molar-refractivity contribution in [2.45, 2.75) is 31.0 Å². The topological polar surface area (TPSA) is 67.5 Å². The summed E-state index contributed by atoms with van der Waals surface area (Å²) in [4.78, 5) is 2.20. The average Bonchev–Trinajstić information content (AvgIpc) is 2.64. The summed E-state index contributed by atoms with van der Waals surface area (Å²) in [5.74, 6) is 0. The number of piperidine rings is 1. The molecule has 0 aliphatic carbocycles. The molecular weight excluding hydrogens is 312 g/mol. The van der Waals surface area contributed by atoms with Gasteiger partial charge in [0.05, 0.1) is 23.3 Å². The molecule has 2 aromatic rings. The highest BCUT2D eigenvalue weighted by Crippen LogP contribution is 2.27. The Bertz CT molecular complexity index is 714. The Morgan fingerprint density at radius 1 is 1.04 bits per heavy atom. The quantitative estimate of drug-likeness (QED) is 0.881. The molecule has 1 fully saturated rings. The average molecular weight is 336 g/mol. The number of aliphatic hydroxyl groups excluding tert-OH is 1. The molecule has 4 nitrogen and oxygen atoms in total. The maximum absolute atomic E-state index is 10.8. The number of β-amino-alcohol motifs (C(OH)–C–C–N with tert-alkyl or cyclic N) is 1. The van der Waals surface area contributed by atoms with Crippen LogP contribution in [0, 0.1) is 11.3 Å². The summed E-state index contributed by atoms with van der Waals surface area (Å²) < 4.78 is 0. The lowest BCUT2D eigenvalue weighted by molar-refractivity contribution is -0.0295. The minimum absolute atomic E-state index is 0.549. The molecule has 25 heavy (non-hydrogen) atoms. The van der Waals surface area contributed by atoms with E-state index >= 15 is 0 Å². The number of benzene rings is 2. The van der Waals surface area contributed by atoms with Gasteiger partial charge >= 0.3 is 0 Å². The van der Waals surface area contributed by atoms with Gasteiger partial charge in [0.25, 0.3) is 0 Å². The number of likely N-dealkylation sites (tertiary alicyclic amines) is 1. The Kier molecular flexibility index (Phi) is 5.50. The van der Waals surface area contributed by atoms with E-state index in [2.05, 4.69) is 23.1 Å². The van der Waals surface area contributed by atoms with E-state index in [0.29, 0.717) is 31.4 Å². The van der Waals surface area contributed by atoms with Gasteiger partial charge in [0.2, 0.25) is 0 Å². The molecule has 1 heterocycles. The van der Waals surface area contributed by atoms with E-state index < -0.39 is 11.7 Å². The third kappa shape index (κ3) is 4.67. The van der Waals surface area contributed by atoms with Gasteiger partial charge in [-0.15, -0.1) is 0 Å². The van der Waals surface area contributed by atoms with E-state index in [1.54, 1.807) is 24.3 Å². The predicted molar refractivity (Wildman–Crippen MR) is 96.9 cm³/mol. The van der Waals surface area contributed by atoms with Crippen LogP contribution in [0.15, 0.2) is 54.6 Å². The van der Waals surface area contributed by atoms with Crippen molar-refractivity contribution in [3.63, 3.8) is 0 Å². The Morgan fingerprint density at radius 3 is 2.28 bits per heavy atom. The van der Waals surface area contributed by atoms with Crippen molar-refractivity contribution in [2.75, 3.05) is 19.6 Å². The van der Waals surface area contributed by atoms with Crippen LogP contribution < -0.4 is 0 Å². The van der Waals surface area contributed by atoms with Crippen molar-refractivity contribution in [1.82, 2.24) is 4.90 Å². The van der Waals surface area contributed by atoms with E-state index in [0.717, 1.165) is 24.2 Å². The third-order valence-electron chi connectivity index (χ3n) is 5.02. The van der Waals surface area contributed by atoms with Crippen LogP contribution in [0.1, 0.15) is 35.6 Å². The third-order valence-corrected chi connectivity index (χ3v) is 5.02. The largest absolute Gasteiger partial charge is 0.389 e. The molecule has 0 spiro atoms. The molecule has 1 atom stereocenters. The van der Waals surface area contributed by atoms with Crippen LogP contribution in [0.25, 0.3) is 0 Å². The van der Waals surface area contributed by atoms with Gasteiger partial charge in [0.15, 0.2) is 0 Å². The van der Waals surface area contributed by atoms with Gasteiger partial charge in [0.1, 0.15) is 0 Å². The lowest BCUT2D eigenvalue weighted by atomic mass is 9.85. The molecular formula is C21H24N2O2. The first-order chi connectivity index (χ1) is 12.1. The van der Waals surface area contributed by atoms with E-state index in [9.17, 15) is 10.2 Å². The van der Waals surface area contributed by atoms with E-state index in [-0.39, 0.29) is 0 Å². The van der Waals surface area contributed by atoms with Crippen molar-refractivity contribution in [1.29, 1.82) is 5.26 Å². The van der Waals surface area contributed by atoms with Crippen LogP contribution in [-0.4, -0.2) is 40.3 Å². The first kappa shape index (κ1) is 17.6. The summed E-state index contributed by atoms with van der Waals surface area (Å²) in [6.45, 7) is 2.10. The molecule has 2 N–H and O–H groups in total. The lowest BCUT2D eigenvalue weighted by Gasteiger charge is -2.39. The van der Waals surface area contributed by atoms with Crippen molar-refractivity contribution >= 4 is 0 Å². The number of aliphatic hydroxyl groups is 2. The van der Waals surface area contributed by atoms with Gasteiger partial charge in [-0.05, 0) is 36.1 Å². The SMILES string of the molecule is N#Cc1ccc(C(O)CN2CCC(O)(Cc3ccccc3)CC2)cc1. The normalized spacial score (nSPS) is 18.4. The highest BCUT2D eigenvalue weighted by atomic mass is 16.3. The molecule has 130 valence electrons. The van der Waals surface area contributed by atoms with E-state index in [4.69, 9.17) is 5.26 Å². The van der Waals surface area contributed by atoms with Crippen LogP contribution in [0.2, 0.25) is 0 Å². The minimum atomic E-state index is -0.656. The first-order valence-electron chi connectivity index (χ1n) is 8.75. The molecule has 1 aliphatic rings. The van der Waals surface area contributed by atoms with Crippen LogP contribution in [0.3, 0.4) is 0 Å². The standard InChI is InChI=1S/C21H24N2O2/c22-15-18-6-8-19(9-7-18)20(24)16-23-12-10-21(25,11-13-23)14-17-4-2-1-3-5-17/h1-9,20,24-25H,10-14,16H2. The van der Waals surface area contributed by atoms with Gasteiger partial charge in [-0.1, -0.05) is 42.5 Å². The van der Waals surface area contributed by atoms with Crippen molar-refractivity contribution in [2.24, 2.45) is 0 Å². The van der Waals surface area contributed by atoms with E-state index in [1.807, 2.05) is 18.2 Å².